The largest absolute Gasteiger partial charge is 0.375 e. The van der Waals surface area contributed by atoms with E-state index < -0.39 is 0 Å². The quantitative estimate of drug-likeness (QED) is 0.709. The van der Waals surface area contributed by atoms with Crippen LogP contribution in [0.5, 0.6) is 0 Å². The molecule has 0 aromatic carbocycles. The monoisotopic (exact) mass is 233 g/mol. The Bertz CT molecular complexity index is 278. The number of halogens is 1. The number of ketones is 1. The molecule has 0 unspecified atom stereocenters. The summed E-state index contributed by atoms with van der Waals surface area (Å²) in [5.41, 5.74) is 5.20. The van der Waals surface area contributed by atoms with E-state index in [4.69, 9.17) is 17.3 Å². The third-order valence-electron chi connectivity index (χ3n) is 1.66. The molecule has 2 rings (SSSR count). The van der Waals surface area contributed by atoms with Crippen LogP contribution in [-0.2, 0) is 4.79 Å². The average Bonchev–Trinajstić information content (AvgIpc) is 2.52. The Morgan fingerprint density at radius 3 is 2.36 bits per heavy atom. The third kappa shape index (κ3) is 4.55. The van der Waals surface area contributed by atoms with Crippen molar-refractivity contribution in [3.63, 3.8) is 0 Å². The second kappa shape index (κ2) is 5.95. The highest BCUT2D eigenvalue weighted by Gasteiger charge is 2.04. The molecular weight excluding hydrogens is 222 g/mol. The van der Waals surface area contributed by atoms with Gasteiger partial charge in [0.15, 0.2) is 5.13 Å². The highest BCUT2D eigenvalue weighted by Crippen LogP contribution is 2.18. The van der Waals surface area contributed by atoms with Crippen molar-refractivity contribution in [3.05, 3.63) is 10.5 Å². The van der Waals surface area contributed by atoms with Gasteiger partial charge in [-0.25, -0.2) is 4.98 Å². The van der Waals surface area contributed by atoms with Gasteiger partial charge in [-0.15, -0.1) is 0 Å². The molecule has 3 N–H and O–H groups in total. The molecule has 1 fully saturated rings. The number of nitrogens with zero attached hydrogens (tertiary/aromatic N) is 1. The van der Waals surface area contributed by atoms with Gasteiger partial charge in [0.25, 0.3) is 0 Å². The minimum absolute atomic E-state index is 0.402. The minimum atomic E-state index is 0.402. The lowest BCUT2D eigenvalue weighted by Gasteiger charge is -2.08. The fourth-order valence-electron chi connectivity index (χ4n) is 0.973. The lowest BCUT2D eigenvalue weighted by atomic mass is 10.1. The van der Waals surface area contributed by atoms with E-state index in [-0.39, 0.29) is 0 Å². The molecule has 0 spiro atoms. The van der Waals surface area contributed by atoms with Crippen molar-refractivity contribution in [1.29, 1.82) is 0 Å². The van der Waals surface area contributed by atoms with Crippen LogP contribution in [0.25, 0.3) is 0 Å². The maximum atomic E-state index is 10.4. The molecule has 1 aromatic heterocycles. The number of nitrogens with one attached hydrogen (secondary N) is 1. The lowest BCUT2D eigenvalue weighted by molar-refractivity contribution is -0.119. The van der Waals surface area contributed by atoms with Crippen molar-refractivity contribution >= 4 is 33.9 Å². The molecule has 78 valence electrons. The van der Waals surface area contributed by atoms with Crippen LogP contribution in [0.1, 0.15) is 12.8 Å². The Hall–Kier alpha value is -0.650. The number of thiazole rings is 1. The van der Waals surface area contributed by atoms with E-state index in [2.05, 4.69) is 10.3 Å². The van der Waals surface area contributed by atoms with E-state index >= 15 is 0 Å². The van der Waals surface area contributed by atoms with Crippen LogP contribution < -0.4 is 11.1 Å². The summed E-state index contributed by atoms with van der Waals surface area (Å²) in [6.07, 6.45) is 3.00. The van der Waals surface area contributed by atoms with Gasteiger partial charge < -0.3 is 11.1 Å². The molecule has 2 heterocycles. The summed E-state index contributed by atoms with van der Waals surface area (Å²) >= 11 is 6.71. The number of rotatable bonds is 0. The molecule has 0 radical (unpaired) electrons. The molecule has 0 bridgehead atoms. The number of piperidine rings is 1. The predicted molar refractivity (Wildman–Crippen MR) is 58.6 cm³/mol. The standard InChI is InChI=1S/C5H9NO.C3H3ClN2S/c7-5-1-3-6-4-2-5;4-2-1-6-3(5)7-2/h6H,1-4H2;1H,(H2,5,6). The minimum Gasteiger partial charge on any atom is -0.375 e. The Kier molecular flexibility index (Phi) is 4.86. The zero-order valence-corrected chi connectivity index (χ0v) is 9.20. The topological polar surface area (TPSA) is 68.0 Å². The van der Waals surface area contributed by atoms with Crippen LogP contribution in [0.4, 0.5) is 5.13 Å². The van der Waals surface area contributed by atoms with Crippen molar-refractivity contribution in [2.75, 3.05) is 18.8 Å². The second-order valence-corrected chi connectivity index (χ2v) is 4.48. The number of nitrogen functional groups attached to an aromatic ring is 1. The van der Waals surface area contributed by atoms with Crippen LogP contribution in [-0.4, -0.2) is 23.9 Å². The van der Waals surface area contributed by atoms with Crippen LogP contribution >= 0.6 is 22.9 Å². The summed E-state index contributed by atoms with van der Waals surface area (Å²) < 4.78 is 0.637. The lowest BCUT2D eigenvalue weighted by Crippen LogP contribution is -2.27. The number of hydrogen-bond acceptors (Lipinski definition) is 5. The number of hydrogen-bond donors (Lipinski definition) is 2. The van der Waals surface area contributed by atoms with Gasteiger partial charge in [0, 0.05) is 25.9 Å². The van der Waals surface area contributed by atoms with Crippen molar-refractivity contribution in [3.8, 4) is 0 Å². The maximum absolute atomic E-state index is 10.4. The molecule has 4 nitrogen and oxygen atoms in total. The second-order valence-electron chi connectivity index (χ2n) is 2.79. The zero-order chi connectivity index (χ0) is 10.4. The van der Waals surface area contributed by atoms with Crippen molar-refractivity contribution in [2.24, 2.45) is 0 Å². The van der Waals surface area contributed by atoms with E-state index in [1.165, 1.54) is 17.5 Å². The Balaban J connectivity index is 0.000000140. The SMILES string of the molecule is Nc1ncc(Cl)s1.O=C1CCNCC1. The van der Waals surface area contributed by atoms with E-state index in [1.54, 1.807) is 0 Å². The summed E-state index contributed by atoms with van der Waals surface area (Å²) in [7, 11) is 0. The first kappa shape index (κ1) is 11.4. The number of nitrogens with two attached hydrogens (primary N) is 1. The maximum Gasteiger partial charge on any atom is 0.181 e. The van der Waals surface area contributed by atoms with Gasteiger partial charge in [-0.1, -0.05) is 22.9 Å². The van der Waals surface area contributed by atoms with Crippen LogP contribution in [0.2, 0.25) is 4.34 Å². The normalized spacial score (nSPS) is 15.9. The Labute approximate surface area is 91.5 Å². The molecule has 1 aromatic rings. The zero-order valence-electron chi connectivity index (χ0n) is 7.62. The van der Waals surface area contributed by atoms with E-state index in [0.717, 1.165) is 25.9 Å². The summed E-state index contributed by atoms with van der Waals surface area (Å²) in [6, 6.07) is 0. The molecule has 1 aliphatic heterocycles. The van der Waals surface area contributed by atoms with Gasteiger partial charge in [-0.3, -0.25) is 4.79 Å². The van der Waals surface area contributed by atoms with Crippen LogP contribution in [0, 0.1) is 0 Å². The molecule has 14 heavy (non-hydrogen) atoms. The average molecular weight is 234 g/mol. The fraction of sp³-hybridized carbons (Fsp3) is 0.500. The molecule has 1 aliphatic rings. The summed E-state index contributed by atoms with van der Waals surface area (Å²) in [4.78, 5) is 14.1. The first-order valence-corrected chi connectivity index (χ1v) is 5.47. The number of aromatic nitrogens is 1. The molecular formula is C8H12ClN3OS. The third-order valence-corrected chi connectivity index (χ3v) is 2.60. The number of Topliss-reactive ketones (excluding diaryl/α,β-unsaturated/α-hetero) is 1. The van der Waals surface area contributed by atoms with Gasteiger partial charge in [0.05, 0.1) is 6.20 Å². The van der Waals surface area contributed by atoms with Crippen molar-refractivity contribution in [1.82, 2.24) is 10.3 Å². The van der Waals surface area contributed by atoms with Gasteiger partial charge in [0.2, 0.25) is 0 Å². The number of anilines is 1. The van der Waals surface area contributed by atoms with Gasteiger partial charge >= 0.3 is 0 Å². The van der Waals surface area contributed by atoms with E-state index in [0.29, 0.717) is 15.3 Å². The molecule has 0 saturated carbocycles. The van der Waals surface area contributed by atoms with Gasteiger partial charge in [-0.2, -0.15) is 0 Å². The Morgan fingerprint density at radius 2 is 2.14 bits per heavy atom. The van der Waals surface area contributed by atoms with E-state index in [9.17, 15) is 4.79 Å². The van der Waals surface area contributed by atoms with Gasteiger partial charge in [-0.05, 0) is 0 Å². The molecule has 0 aliphatic carbocycles. The predicted octanol–water partition coefficient (Wildman–Crippen LogP) is 1.32. The molecule has 1 saturated heterocycles. The number of carbonyl (C=O) groups is 1. The first-order chi connectivity index (χ1) is 6.68. The first-order valence-electron chi connectivity index (χ1n) is 4.27. The smallest absolute Gasteiger partial charge is 0.181 e. The van der Waals surface area contributed by atoms with E-state index in [1.807, 2.05) is 0 Å². The van der Waals surface area contributed by atoms with Crippen LogP contribution in [0.3, 0.4) is 0 Å². The summed E-state index contributed by atoms with van der Waals surface area (Å²) in [5.74, 6) is 0.402. The fourth-order valence-corrected chi connectivity index (χ4v) is 1.67. The number of carbonyl (C=O) groups excluding carboxylic acids is 1. The summed E-state index contributed by atoms with van der Waals surface area (Å²) in [6.45, 7) is 1.78. The van der Waals surface area contributed by atoms with Gasteiger partial charge in [0.1, 0.15) is 10.1 Å². The molecule has 0 atom stereocenters. The molecule has 0 amide bonds. The highest BCUT2D eigenvalue weighted by molar-refractivity contribution is 7.19. The molecule has 6 heteroatoms. The van der Waals surface area contributed by atoms with Crippen molar-refractivity contribution < 1.29 is 4.79 Å². The summed E-state index contributed by atoms with van der Waals surface area (Å²) in [5, 5.41) is 3.61. The highest BCUT2D eigenvalue weighted by atomic mass is 35.5. The van der Waals surface area contributed by atoms with Crippen molar-refractivity contribution in [2.45, 2.75) is 12.8 Å². The van der Waals surface area contributed by atoms with Crippen LogP contribution in [0.15, 0.2) is 6.20 Å². The Morgan fingerprint density at radius 1 is 1.50 bits per heavy atom.